The second kappa shape index (κ2) is 4.31. The molecule has 2 rings (SSSR count). The molecule has 1 saturated heterocycles. The number of nitrogens with one attached hydrogen (secondary N) is 2. The van der Waals surface area contributed by atoms with Gasteiger partial charge in [-0.1, -0.05) is 12.1 Å². The van der Waals surface area contributed by atoms with E-state index in [0.29, 0.717) is 11.3 Å². The highest BCUT2D eigenvalue weighted by molar-refractivity contribution is 5.99. The van der Waals surface area contributed by atoms with Crippen molar-refractivity contribution in [1.82, 2.24) is 10.6 Å². The fourth-order valence-corrected chi connectivity index (χ4v) is 1.75. The lowest BCUT2D eigenvalue weighted by Crippen LogP contribution is -2.41. The number of amides is 1. The van der Waals surface area contributed by atoms with E-state index in [-0.39, 0.29) is 12.1 Å². The van der Waals surface area contributed by atoms with Crippen LogP contribution in [0, 0.1) is 0 Å². The standard InChI is InChI=1S/C11H15N3O/c12-9-5-2-1-4-8(9)11(15)14-10-6-3-7-13-10/h1-2,4-5,10,13H,3,6-7,12H2,(H,14,15). The van der Waals surface area contributed by atoms with Crippen molar-refractivity contribution < 1.29 is 4.79 Å². The Bertz CT molecular complexity index is 359. The van der Waals surface area contributed by atoms with E-state index < -0.39 is 0 Å². The Morgan fingerprint density at radius 1 is 1.47 bits per heavy atom. The van der Waals surface area contributed by atoms with Crippen molar-refractivity contribution in [3.8, 4) is 0 Å². The minimum absolute atomic E-state index is 0.0945. The number of nitrogen functional groups attached to an aromatic ring is 1. The van der Waals surface area contributed by atoms with Crippen LogP contribution in [0.5, 0.6) is 0 Å². The minimum Gasteiger partial charge on any atom is -0.398 e. The number of rotatable bonds is 2. The number of carbonyl (C=O) groups excluding carboxylic acids is 1. The van der Waals surface area contributed by atoms with Gasteiger partial charge in [0.2, 0.25) is 0 Å². The van der Waals surface area contributed by atoms with Gasteiger partial charge in [0, 0.05) is 5.69 Å². The Hall–Kier alpha value is -1.55. The molecule has 4 nitrogen and oxygen atoms in total. The van der Waals surface area contributed by atoms with Crippen LogP contribution in [-0.4, -0.2) is 18.6 Å². The first-order valence-corrected chi connectivity index (χ1v) is 5.16. The summed E-state index contributed by atoms with van der Waals surface area (Å²) in [5.41, 5.74) is 6.78. The van der Waals surface area contributed by atoms with Gasteiger partial charge in [-0.25, -0.2) is 0 Å². The van der Waals surface area contributed by atoms with Crippen LogP contribution in [-0.2, 0) is 0 Å². The molecular weight excluding hydrogens is 190 g/mol. The second-order valence-corrected chi connectivity index (χ2v) is 3.71. The molecule has 15 heavy (non-hydrogen) atoms. The number of nitrogens with two attached hydrogens (primary N) is 1. The first-order chi connectivity index (χ1) is 7.27. The van der Waals surface area contributed by atoms with Gasteiger partial charge in [-0.2, -0.15) is 0 Å². The first kappa shape index (κ1) is 9.98. The molecule has 0 aromatic heterocycles. The molecular formula is C11H15N3O. The molecule has 1 heterocycles. The van der Waals surface area contributed by atoms with Gasteiger partial charge >= 0.3 is 0 Å². The van der Waals surface area contributed by atoms with Gasteiger partial charge < -0.3 is 11.1 Å². The van der Waals surface area contributed by atoms with Crippen LogP contribution >= 0.6 is 0 Å². The van der Waals surface area contributed by atoms with Crippen LogP contribution < -0.4 is 16.4 Å². The minimum atomic E-state index is -0.104. The van der Waals surface area contributed by atoms with E-state index in [1.165, 1.54) is 0 Å². The molecule has 0 bridgehead atoms. The lowest BCUT2D eigenvalue weighted by molar-refractivity contribution is 0.0934. The summed E-state index contributed by atoms with van der Waals surface area (Å²) in [7, 11) is 0. The van der Waals surface area contributed by atoms with Gasteiger partial charge in [0.25, 0.3) is 5.91 Å². The third-order valence-electron chi connectivity index (χ3n) is 2.57. The van der Waals surface area contributed by atoms with Gasteiger partial charge in [0.05, 0.1) is 11.7 Å². The van der Waals surface area contributed by atoms with Gasteiger partial charge in [-0.05, 0) is 31.5 Å². The van der Waals surface area contributed by atoms with Crippen LogP contribution in [0.2, 0.25) is 0 Å². The maximum absolute atomic E-state index is 11.8. The Morgan fingerprint density at radius 3 is 2.93 bits per heavy atom. The van der Waals surface area contributed by atoms with E-state index in [1.54, 1.807) is 12.1 Å². The van der Waals surface area contributed by atoms with Crippen LogP contribution in [0.15, 0.2) is 24.3 Å². The van der Waals surface area contributed by atoms with Crippen molar-refractivity contribution in [1.29, 1.82) is 0 Å². The largest absolute Gasteiger partial charge is 0.398 e. The smallest absolute Gasteiger partial charge is 0.254 e. The van der Waals surface area contributed by atoms with E-state index in [4.69, 9.17) is 5.73 Å². The molecule has 1 amide bonds. The van der Waals surface area contributed by atoms with Crippen LogP contribution in [0.1, 0.15) is 23.2 Å². The molecule has 0 spiro atoms. The lowest BCUT2D eigenvalue weighted by Gasteiger charge is -2.13. The molecule has 1 aliphatic heterocycles. The number of hydrogen-bond donors (Lipinski definition) is 3. The number of anilines is 1. The number of para-hydroxylation sites is 1. The van der Waals surface area contributed by atoms with E-state index >= 15 is 0 Å². The fraction of sp³-hybridized carbons (Fsp3) is 0.364. The normalized spacial score (nSPS) is 20.1. The molecule has 1 aromatic carbocycles. The van der Waals surface area contributed by atoms with Crippen molar-refractivity contribution in [2.45, 2.75) is 19.0 Å². The summed E-state index contributed by atoms with van der Waals surface area (Å²) in [5.74, 6) is -0.104. The zero-order chi connectivity index (χ0) is 10.7. The zero-order valence-electron chi connectivity index (χ0n) is 8.49. The molecule has 0 aliphatic carbocycles. The Morgan fingerprint density at radius 2 is 2.27 bits per heavy atom. The van der Waals surface area contributed by atoms with E-state index in [1.807, 2.05) is 12.1 Å². The Kier molecular flexibility index (Phi) is 2.87. The molecule has 0 radical (unpaired) electrons. The summed E-state index contributed by atoms with van der Waals surface area (Å²) < 4.78 is 0. The summed E-state index contributed by atoms with van der Waals surface area (Å²) in [5, 5.41) is 6.11. The molecule has 0 saturated carbocycles. The maximum Gasteiger partial charge on any atom is 0.254 e. The highest BCUT2D eigenvalue weighted by atomic mass is 16.1. The number of hydrogen-bond acceptors (Lipinski definition) is 3. The third kappa shape index (κ3) is 2.27. The lowest BCUT2D eigenvalue weighted by atomic mass is 10.1. The Labute approximate surface area is 88.9 Å². The average molecular weight is 205 g/mol. The van der Waals surface area contributed by atoms with E-state index in [0.717, 1.165) is 19.4 Å². The van der Waals surface area contributed by atoms with Gasteiger partial charge in [0.15, 0.2) is 0 Å². The molecule has 4 heteroatoms. The SMILES string of the molecule is Nc1ccccc1C(=O)NC1CCCN1. The average Bonchev–Trinajstić information content (AvgIpc) is 2.71. The van der Waals surface area contributed by atoms with Crippen LogP contribution in [0.3, 0.4) is 0 Å². The van der Waals surface area contributed by atoms with Crippen LogP contribution in [0.4, 0.5) is 5.69 Å². The Balaban J connectivity index is 2.04. The monoisotopic (exact) mass is 205 g/mol. The maximum atomic E-state index is 11.8. The van der Waals surface area contributed by atoms with Gasteiger partial charge in [-0.15, -0.1) is 0 Å². The number of benzene rings is 1. The zero-order valence-corrected chi connectivity index (χ0v) is 8.49. The van der Waals surface area contributed by atoms with Crippen molar-refractivity contribution >= 4 is 11.6 Å². The topological polar surface area (TPSA) is 67.2 Å². The van der Waals surface area contributed by atoms with Crippen molar-refractivity contribution in [2.75, 3.05) is 12.3 Å². The summed E-state index contributed by atoms with van der Waals surface area (Å²) >= 11 is 0. The number of carbonyl (C=O) groups is 1. The molecule has 1 aromatic rings. The summed E-state index contributed by atoms with van der Waals surface area (Å²) in [4.78, 5) is 11.8. The van der Waals surface area contributed by atoms with E-state index in [9.17, 15) is 4.79 Å². The van der Waals surface area contributed by atoms with Crippen molar-refractivity contribution in [3.63, 3.8) is 0 Å². The molecule has 1 fully saturated rings. The first-order valence-electron chi connectivity index (χ1n) is 5.16. The van der Waals surface area contributed by atoms with Gasteiger partial charge in [0.1, 0.15) is 0 Å². The predicted octanol–water partition coefficient (Wildman–Crippen LogP) is 0.708. The summed E-state index contributed by atoms with van der Waals surface area (Å²) in [6.45, 7) is 0.967. The van der Waals surface area contributed by atoms with Crippen LogP contribution in [0.25, 0.3) is 0 Å². The highest BCUT2D eigenvalue weighted by Crippen LogP contribution is 2.11. The molecule has 1 atom stereocenters. The quantitative estimate of drug-likeness (QED) is 0.623. The third-order valence-corrected chi connectivity index (χ3v) is 2.57. The second-order valence-electron chi connectivity index (χ2n) is 3.71. The molecule has 1 aliphatic rings. The van der Waals surface area contributed by atoms with Crippen molar-refractivity contribution in [2.24, 2.45) is 0 Å². The molecule has 4 N–H and O–H groups in total. The van der Waals surface area contributed by atoms with Gasteiger partial charge in [-0.3, -0.25) is 10.1 Å². The summed E-state index contributed by atoms with van der Waals surface area (Å²) in [6.07, 6.45) is 2.19. The molecule has 80 valence electrons. The molecule has 1 unspecified atom stereocenters. The summed E-state index contributed by atoms with van der Waals surface area (Å²) in [6, 6.07) is 7.10. The predicted molar refractivity (Wildman–Crippen MR) is 59.3 cm³/mol. The van der Waals surface area contributed by atoms with E-state index in [2.05, 4.69) is 10.6 Å². The highest BCUT2D eigenvalue weighted by Gasteiger charge is 2.17. The fourth-order valence-electron chi connectivity index (χ4n) is 1.75. The van der Waals surface area contributed by atoms with Crippen molar-refractivity contribution in [3.05, 3.63) is 29.8 Å².